The van der Waals surface area contributed by atoms with E-state index >= 15 is 0 Å². The van der Waals surface area contributed by atoms with Gasteiger partial charge in [-0.15, -0.1) is 0 Å². The first-order chi connectivity index (χ1) is 9.63. The molecule has 110 valence electrons. The van der Waals surface area contributed by atoms with Crippen LogP contribution in [-0.4, -0.2) is 44.1 Å². The average Bonchev–Trinajstić information content (AvgIpc) is 2.68. The number of hydrogen-bond donors (Lipinski definition) is 2. The van der Waals surface area contributed by atoms with E-state index < -0.39 is 0 Å². The van der Waals surface area contributed by atoms with Crippen LogP contribution in [0.5, 0.6) is 5.75 Å². The molecule has 1 aliphatic heterocycles. The van der Waals surface area contributed by atoms with Crippen LogP contribution in [0.15, 0.2) is 18.2 Å². The third kappa shape index (κ3) is 3.29. The number of methoxy groups -OCH3 is 1. The molecule has 1 unspecified atom stereocenters. The molecule has 0 saturated carbocycles. The van der Waals surface area contributed by atoms with Crippen molar-refractivity contribution in [1.29, 1.82) is 0 Å². The topological polar surface area (TPSA) is 67.6 Å². The molecule has 5 nitrogen and oxygen atoms in total. The van der Waals surface area contributed by atoms with Gasteiger partial charge in [0.2, 0.25) is 5.91 Å². The summed E-state index contributed by atoms with van der Waals surface area (Å²) in [5.74, 6) is 0.533. The van der Waals surface area contributed by atoms with Gasteiger partial charge in [-0.25, -0.2) is 0 Å². The molecule has 3 N–H and O–H groups in total. The molecular weight excluding hydrogens is 254 g/mol. The molecule has 1 atom stereocenters. The van der Waals surface area contributed by atoms with Crippen molar-refractivity contribution in [3.63, 3.8) is 0 Å². The summed E-state index contributed by atoms with van der Waals surface area (Å²) < 4.78 is 5.27. The van der Waals surface area contributed by atoms with Gasteiger partial charge >= 0.3 is 0 Å². The Kier molecular flexibility index (Phi) is 4.98. The van der Waals surface area contributed by atoms with Gasteiger partial charge < -0.3 is 15.8 Å². The lowest BCUT2D eigenvalue weighted by molar-refractivity contribution is -0.123. The first-order valence-electron chi connectivity index (χ1n) is 7.02. The van der Waals surface area contributed by atoms with Crippen LogP contribution in [0.25, 0.3) is 0 Å². The molecule has 1 aromatic rings. The Labute approximate surface area is 120 Å². The predicted molar refractivity (Wildman–Crippen MR) is 78.7 cm³/mol. The zero-order valence-electron chi connectivity index (χ0n) is 12.2. The van der Waals surface area contributed by atoms with E-state index in [9.17, 15) is 4.79 Å². The smallest absolute Gasteiger partial charge is 0.239 e. The second kappa shape index (κ2) is 6.72. The van der Waals surface area contributed by atoms with Crippen molar-refractivity contribution in [2.75, 3.05) is 33.3 Å². The molecule has 0 bridgehead atoms. The summed E-state index contributed by atoms with van der Waals surface area (Å²) in [6.45, 7) is 5.57. The largest absolute Gasteiger partial charge is 0.496 e. The van der Waals surface area contributed by atoms with E-state index in [0.717, 1.165) is 49.5 Å². The number of hydrogen-bond acceptors (Lipinski definition) is 4. The van der Waals surface area contributed by atoms with Crippen LogP contribution < -0.4 is 15.8 Å². The molecule has 1 fully saturated rings. The number of carbonyl (C=O) groups is 1. The SMILES string of the molecule is COc1ccc(C(C(N)=O)N2CCCNCC2)cc1C. The zero-order valence-corrected chi connectivity index (χ0v) is 12.2. The van der Waals surface area contributed by atoms with Gasteiger partial charge in [0.15, 0.2) is 0 Å². The third-order valence-electron chi connectivity index (χ3n) is 3.74. The molecular formula is C15H23N3O2. The number of nitrogens with one attached hydrogen (secondary N) is 1. The lowest BCUT2D eigenvalue weighted by Gasteiger charge is -2.28. The Bertz CT molecular complexity index is 468. The van der Waals surface area contributed by atoms with Crippen molar-refractivity contribution in [3.05, 3.63) is 29.3 Å². The number of benzene rings is 1. The van der Waals surface area contributed by atoms with E-state index in [0.29, 0.717) is 0 Å². The number of rotatable bonds is 4. The van der Waals surface area contributed by atoms with E-state index in [1.807, 2.05) is 25.1 Å². The lowest BCUT2D eigenvalue weighted by Crippen LogP contribution is -2.39. The summed E-state index contributed by atoms with van der Waals surface area (Å²) in [6, 6.07) is 5.46. The number of ether oxygens (including phenoxy) is 1. The van der Waals surface area contributed by atoms with Gasteiger partial charge in [0.05, 0.1) is 7.11 Å². The fourth-order valence-electron chi connectivity index (χ4n) is 2.75. The molecule has 1 aliphatic rings. The van der Waals surface area contributed by atoms with Gasteiger partial charge in [-0.1, -0.05) is 12.1 Å². The van der Waals surface area contributed by atoms with Crippen molar-refractivity contribution in [3.8, 4) is 5.75 Å². The lowest BCUT2D eigenvalue weighted by atomic mass is 10.0. The number of carbonyl (C=O) groups excluding carboxylic acids is 1. The van der Waals surface area contributed by atoms with Gasteiger partial charge in [0, 0.05) is 19.6 Å². The number of amides is 1. The molecule has 1 aromatic carbocycles. The maximum Gasteiger partial charge on any atom is 0.239 e. The molecule has 1 amide bonds. The summed E-state index contributed by atoms with van der Waals surface area (Å²) >= 11 is 0. The van der Waals surface area contributed by atoms with E-state index in [-0.39, 0.29) is 11.9 Å². The normalized spacial score (nSPS) is 18.3. The maximum atomic E-state index is 11.9. The molecule has 1 saturated heterocycles. The van der Waals surface area contributed by atoms with Crippen LogP contribution in [-0.2, 0) is 4.79 Å². The Morgan fingerprint density at radius 3 is 2.85 bits per heavy atom. The molecule has 0 aliphatic carbocycles. The number of nitrogens with two attached hydrogens (primary N) is 1. The van der Waals surface area contributed by atoms with Crippen LogP contribution >= 0.6 is 0 Å². The Hall–Kier alpha value is -1.59. The molecule has 5 heteroatoms. The van der Waals surface area contributed by atoms with Gasteiger partial charge in [-0.3, -0.25) is 9.69 Å². The minimum atomic E-state index is -0.362. The van der Waals surface area contributed by atoms with Crippen LogP contribution in [0.2, 0.25) is 0 Å². The number of nitrogens with zero attached hydrogens (tertiary/aromatic N) is 1. The summed E-state index contributed by atoms with van der Waals surface area (Å²) in [4.78, 5) is 14.1. The first kappa shape index (κ1) is 14.8. The van der Waals surface area contributed by atoms with Crippen LogP contribution in [0.3, 0.4) is 0 Å². The van der Waals surface area contributed by atoms with Crippen molar-refractivity contribution < 1.29 is 9.53 Å². The van der Waals surface area contributed by atoms with Gasteiger partial charge in [-0.05, 0) is 37.1 Å². The van der Waals surface area contributed by atoms with Crippen molar-refractivity contribution in [2.24, 2.45) is 5.73 Å². The predicted octanol–water partition coefficient (Wildman–Crippen LogP) is 0.825. The molecule has 0 aromatic heterocycles. The van der Waals surface area contributed by atoms with Gasteiger partial charge in [0.25, 0.3) is 0 Å². The Morgan fingerprint density at radius 1 is 1.40 bits per heavy atom. The van der Waals surface area contributed by atoms with Crippen LogP contribution in [0.4, 0.5) is 0 Å². The fourth-order valence-corrected chi connectivity index (χ4v) is 2.75. The highest BCUT2D eigenvalue weighted by Crippen LogP contribution is 2.26. The molecule has 20 heavy (non-hydrogen) atoms. The van der Waals surface area contributed by atoms with E-state index in [1.54, 1.807) is 7.11 Å². The van der Waals surface area contributed by atoms with E-state index in [4.69, 9.17) is 10.5 Å². The minimum absolute atomic E-state index is 0.295. The number of aryl methyl sites for hydroxylation is 1. The average molecular weight is 277 g/mol. The summed E-state index contributed by atoms with van der Waals surface area (Å²) in [6.07, 6.45) is 1.03. The second-order valence-electron chi connectivity index (χ2n) is 5.17. The van der Waals surface area contributed by atoms with E-state index in [1.165, 1.54) is 0 Å². The monoisotopic (exact) mass is 277 g/mol. The first-order valence-corrected chi connectivity index (χ1v) is 7.02. The quantitative estimate of drug-likeness (QED) is 0.855. The van der Waals surface area contributed by atoms with Crippen molar-refractivity contribution >= 4 is 5.91 Å². The highest BCUT2D eigenvalue weighted by atomic mass is 16.5. The standard InChI is InChI=1S/C15H23N3O2/c1-11-10-12(4-5-13(11)20-2)14(15(16)19)18-8-3-6-17-7-9-18/h4-5,10,14,17H,3,6-9H2,1-2H3,(H2,16,19). The fraction of sp³-hybridized carbons (Fsp3) is 0.533. The summed E-state index contributed by atoms with van der Waals surface area (Å²) in [5.41, 5.74) is 7.60. The Morgan fingerprint density at radius 2 is 2.20 bits per heavy atom. The summed E-state index contributed by atoms with van der Waals surface area (Å²) in [7, 11) is 1.65. The van der Waals surface area contributed by atoms with Gasteiger partial charge in [0.1, 0.15) is 11.8 Å². The van der Waals surface area contributed by atoms with Crippen LogP contribution in [0.1, 0.15) is 23.6 Å². The van der Waals surface area contributed by atoms with E-state index in [2.05, 4.69) is 10.2 Å². The van der Waals surface area contributed by atoms with Crippen molar-refractivity contribution in [2.45, 2.75) is 19.4 Å². The highest BCUT2D eigenvalue weighted by Gasteiger charge is 2.26. The minimum Gasteiger partial charge on any atom is -0.496 e. The maximum absolute atomic E-state index is 11.9. The van der Waals surface area contributed by atoms with Crippen LogP contribution in [0, 0.1) is 6.92 Å². The highest BCUT2D eigenvalue weighted by molar-refractivity contribution is 5.81. The molecule has 0 radical (unpaired) electrons. The second-order valence-corrected chi connectivity index (χ2v) is 5.17. The Balaban J connectivity index is 2.27. The van der Waals surface area contributed by atoms with Crippen molar-refractivity contribution in [1.82, 2.24) is 10.2 Å². The third-order valence-corrected chi connectivity index (χ3v) is 3.74. The summed E-state index contributed by atoms with van der Waals surface area (Å²) in [5, 5.41) is 3.34. The van der Waals surface area contributed by atoms with Gasteiger partial charge in [-0.2, -0.15) is 0 Å². The molecule has 2 rings (SSSR count). The zero-order chi connectivity index (χ0) is 14.5. The molecule has 1 heterocycles. The molecule has 0 spiro atoms. The number of primary amides is 1.